The van der Waals surface area contributed by atoms with Crippen molar-refractivity contribution in [3.05, 3.63) is 78.2 Å². The topological polar surface area (TPSA) is 58.1 Å². The van der Waals surface area contributed by atoms with E-state index in [2.05, 4.69) is 15.3 Å². The van der Waals surface area contributed by atoms with Gasteiger partial charge < -0.3 is 10.2 Å². The Kier molecular flexibility index (Phi) is 4.52. The van der Waals surface area contributed by atoms with E-state index in [9.17, 15) is 4.79 Å². The zero-order chi connectivity index (χ0) is 16.9. The molecule has 1 N–H and O–H groups in total. The molecule has 0 saturated carbocycles. The minimum atomic E-state index is 0.00589. The number of nitrogens with one attached hydrogen (secondary N) is 1. The van der Waals surface area contributed by atoms with Gasteiger partial charge in [0.15, 0.2) is 5.78 Å². The number of rotatable bonds is 5. The molecule has 5 nitrogen and oxygen atoms in total. The van der Waals surface area contributed by atoms with Crippen LogP contribution in [0, 0.1) is 0 Å². The molecule has 0 fully saturated rings. The first-order valence-electron chi connectivity index (χ1n) is 7.59. The third-order valence-electron chi connectivity index (χ3n) is 3.63. The number of aromatic nitrogens is 2. The monoisotopic (exact) mass is 318 g/mol. The first kappa shape index (κ1) is 15.7. The molecule has 5 heteroatoms. The van der Waals surface area contributed by atoms with E-state index in [-0.39, 0.29) is 5.78 Å². The Bertz CT molecular complexity index is 812. The van der Waals surface area contributed by atoms with E-state index in [0.29, 0.717) is 16.9 Å². The molecule has 0 unspecified atom stereocenters. The highest BCUT2D eigenvalue weighted by Crippen LogP contribution is 2.18. The Labute approximate surface area is 141 Å². The van der Waals surface area contributed by atoms with Crippen LogP contribution in [0.4, 0.5) is 17.2 Å². The zero-order valence-electron chi connectivity index (χ0n) is 13.6. The Hall–Kier alpha value is -3.21. The van der Waals surface area contributed by atoms with Crippen molar-refractivity contribution in [2.75, 3.05) is 24.3 Å². The Morgan fingerprint density at radius 2 is 1.54 bits per heavy atom. The number of carbonyl (C=O) groups is 1. The van der Waals surface area contributed by atoms with Gasteiger partial charge in [0.1, 0.15) is 5.82 Å². The molecule has 0 spiro atoms. The van der Waals surface area contributed by atoms with Crippen LogP contribution in [-0.4, -0.2) is 29.8 Å². The number of anilines is 3. The van der Waals surface area contributed by atoms with Crippen LogP contribution < -0.4 is 10.2 Å². The second-order valence-electron chi connectivity index (χ2n) is 5.56. The SMILES string of the molecule is CN(C)c1ccc(C(=O)c2ccc(Nc3cnccn3)cc2)cc1. The van der Waals surface area contributed by atoms with Gasteiger partial charge in [-0.3, -0.25) is 9.78 Å². The van der Waals surface area contributed by atoms with Crippen LogP contribution in [0.1, 0.15) is 15.9 Å². The van der Waals surface area contributed by atoms with Crippen molar-refractivity contribution < 1.29 is 4.79 Å². The van der Waals surface area contributed by atoms with Crippen molar-refractivity contribution in [2.24, 2.45) is 0 Å². The molecule has 0 aliphatic heterocycles. The maximum atomic E-state index is 12.5. The molecule has 1 heterocycles. The fourth-order valence-corrected chi connectivity index (χ4v) is 2.29. The quantitative estimate of drug-likeness (QED) is 0.729. The van der Waals surface area contributed by atoms with Gasteiger partial charge in [-0.2, -0.15) is 0 Å². The van der Waals surface area contributed by atoms with Gasteiger partial charge in [-0.25, -0.2) is 4.98 Å². The molecule has 0 amide bonds. The molecule has 0 aliphatic carbocycles. The number of ketones is 1. The van der Waals surface area contributed by atoms with Crippen LogP contribution in [0.15, 0.2) is 67.1 Å². The summed E-state index contributed by atoms with van der Waals surface area (Å²) in [5, 5.41) is 3.14. The average molecular weight is 318 g/mol. The van der Waals surface area contributed by atoms with Gasteiger partial charge in [-0.1, -0.05) is 0 Å². The van der Waals surface area contributed by atoms with E-state index < -0.39 is 0 Å². The van der Waals surface area contributed by atoms with E-state index >= 15 is 0 Å². The van der Waals surface area contributed by atoms with Crippen LogP contribution in [0.5, 0.6) is 0 Å². The Morgan fingerprint density at radius 3 is 2.08 bits per heavy atom. The van der Waals surface area contributed by atoms with Gasteiger partial charge in [0.25, 0.3) is 0 Å². The molecular formula is C19H18N4O. The Morgan fingerprint density at radius 1 is 0.917 bits per heavy atom. The van der Waals surface area contributed by atoms with E-state index in [1.54, 1.807) is 30.7 Å². The fraction of sp³-hybridized carbons (Fsp3) is 0.105. The van der Waals surface area contributed by atoms with E-state index in [1.165, 1.54) is 0 Å². The molecule has 0 saturated heterocycles. The van der Waals surface area contributed by atoms with Crippen LogP contribution in [0.3, 0.4) is 0 Å². The third-order valence-corrected chi connectivity index (χ3v) is 3.63. The van der Waals surface area contributed by atoms with Gasteiger partial charge in [-0.05, 0) is 48.5 Å². The summed E-state index contributed by atoms with van der Waals surface area (Å²) in [5.74, 6) is 0.669. The highest BCUT2D eigenvalue weighted by Gasteiger charge is 2.09. The molecule has 1 aromatic heterocycles. The third kappa shape index (κ3) is 3.57. The standard InChI is InChI=1S/C19H18N4O/c1-23(2)17-9-5-15(6-10-17)19(24)14-3-7-16(8-4-14)22-18-13-20-11-12-21-18/h3-13H,1-2H3,(H,21,22). The number of benzene rings is 2. The van der Waals surface area contributed by atoms with Crippen molar-refractivity contribution in [3.63, 3.8) is 0 Å². The van der Waals surface area contributed by atoms with Gasteiger partial charge in [0, 0.05) is 49.0 Å². The minimum Gasteiger partial charge on any atom is -0.378 e. The number of hydrogen-bond acceptors (Lipinski definition) is 5. The van der Waals surface area contributed by atoms with E-state index in [4.69, 9.17) is 0 Å². The summed E-state index contributed by atoms with van der Waals surface area (Å²) in [5.41, 5.74) is 3.25. The molecule has 0 aliphatic rings. The first-order chi connectivity index (χ1) is 11.6. The highest BCUT2D eigenvalue weighted by atomic mass is 16.1. The fourth-order valence-electron chi connectivity index (χ4n) is 2.29. The van der Waals surface area contributed by atoms with Gasteiger partial charge in [-0.15, -0.1) is 0 Å². The summed E-state index contributed by atoms with van der Waals surface area (Å²) in [6, 6.07) is 14.9. The number of nitrogens with zero attached hydrogens (tertiary/aromatic N) is 3. The van der Waals surface area contributed by atoms with E-state index in [0.717, 1.165) is 11.4 Å². The molecule has 0 bridgehead atoms. The lowest BCUT2D eigenvalue weighted by Gasteiger charge is -2.12. The summed E-state index contributed by atoms with van der Waals surface area (Å²) >= 11 is 0. The molecule has 120 valence electrons. The smallest absolute Gasteiger partial charge is 0.193 e. The molecule has 3 aromatic rings. The molecule has 3 rings (SSSR count). The first-order valence-corrected chi connectivity index (χ1v) is 7.59. The molecule has 24 heavy (non-hydrogen) atoms. The van der Waals surface area contributed by atoms with Crippen molar-refractivity contribution >= 4 is 23.0 Å². The van der Waals surface area contributed by atoms with Crippen LogP contribution >= 0.6 is 0 Å². The van der Waals surface area contributed by atoms with Crippen LogP contribution in [0.25, 0.3) is 0 Å². The van der Waals surface area contributed by atoms with Crippen molar-refractivity contribution in [3.8, 4) is 0 Å². The van der Waals surface area contributed by atoms with Gasteiger partial charge in [0.2, 0.25) is 0 Å². The largest absolute Gasteiger partial charge is 0.378 e. The lowest BCUT2D eigenvalue weighted by molar-refractivity contribution is 0.103. The second-order valence-corrected chi connectivity index (χ2v) is 5.56. The predicted molar refractivity (Wildman–Crippen MR) is 96.0 cm³/mol. The minimum absolute atomic E-state index is 0.00589. The lowest BCUT2D eigenvalue weighted by Crippen LogP contribution is -2.09. The lowest BCUT2D eigenvalue weighted by atomic mass is 10.0. The number of hydrogen-bond donors (Lipinski definition) is 1. The van der Waals surface area contributed by atoms with Crippen LogP contribution in [0.2, 0.25) is 0 Å². The van der Waals surface area contributed by atoms with Crippen molar-refractivity contribution in [1.82, 2.24) is 9.97 Å². The zero-order valence-corrected chi connectivity index (χ0v) is 13.6. The summed E-state index contributed by atoms with van der Waals surface area (Å²) in [7, 11) is 3.94. The number of carbonyl (C=O) groups excluding carboxylic acids is 1. The summed E-state index contributed by atoms with van der Waals surface area (Å²) < 4.78 is 0. The maximum absolute atomic E-state index is 12.5. The molecular weight excluding hydrogens is 300 g/mol. The van der Waals surface area contributed by atoms with Crippen LogP contribution in [-0.2, 0) is 0 Å². The maximum Gasteiger partial charge on any atom is 0.193 e. The van der Waals surface area contributed by atoms with Gasteiger partial charge in [0.05, 0.1) is 6.20 Å². The molecule has 0 atom stereocenters. The normalized spacial score (nSPS) is 10.2. The van der Waals surface area contributed by atoms with Crippen molar-refractivity contribution in [2.45, 2.75) is 0 Å². The van der Waals surface area contributed by atoms with E-state index in [1.807, 2.05) is 55.4 Å². The second kappa shape index (κ2) is 6.91. The molecule has 0 radical (unpaired) electrons. The molecule has 2 aromatic carbocycles. The summed E-state index contributed by atoms with van der Waals surface area (Å²) in [6.07, 6.45) is 4.89. The summed E-state index contributed by atoms with van der Waals surface area (Å²) in [4.78, 5) is 22.7. The average Bonchev–Trinajstić information content (AvgIpc) is 2.63. The predicted octanol–water partition coefficient (Wildman–Crippen LogP) is 3.52. The summed E-state index contributed by atoms with van der Waals surface area (Å²) in [6.45, 7) is 0. The van der Waals surface area contributed by atoms with Gasteiger partial charge >= 0.3 is 0 Å². The highest BCUT2D eigenvalue weighted by molar-refractivity contribution is 6.09. The van der Waals surface area contributed by atoms with Crippen molar-refractivity contribution in [1.29, 1.82) is 0 Å². The Balaban J connectivity index is 1.74.